The van der Waals surface area contributed by atoms with Crippen LogP contribution in [0.3, 0.4) is 0 Å². The van der Waals surface area contributed by atoms with E-state index in [4.69, 9.17) is 9.47 Å². The van der Waals surface area contributed by atoms with Gasteiger partial charge < -0.3 is 14.4 Å². The third-order valence-electron chi connectivity index (χ3n) is 4.29. The number of rotatable bonds is 2. The summed E-state index contributed by atoms with van der Waals surface area (Å²) in [6.07, 6.45) is 2.63. The molecule has 2 aromatic rings. The summed E-state index contributed by atoms with van der Waals surface area (Å²) in [7, 11) is 1.70. The SMILES string of the molecule is COc1ccc2ccccc2c1C1=CCN(C(=O)OC(C)(C)C)CC1. The number of nitrogens with zero attached hydrogens (tertiary/aromatic N) is 1. The average molecular weight is 339 g/mol. The van der Waals surface area contributed by atoms with Crippen molar-refractivity contribution >= 4 is 22.4 Å². The highest BCUT2D eigenvalue weighted by molar-refractivity contribution is 5.96. The van der Waals surface area contributed by atoms with Gasteiger partial charge in [0.2, 0.25) is 0 Å². The Balaban J connectivity index is 1.89. The van der Waals surface area contributed by atoms with E-state index in [1.54, 1.807) is 12.0 Å². The molecule has 0 aliphatic carbocycles. The number of ether oxygens (including phenoxy) is 2. The van der Waals surface area contributed by atoms with E-state index in [1.807, 2.05) is 39.0 Å². The van der Waals surface area contributed by atoms with Crippen LogP contribution < -0.4 is 4.74 Å². The van der Waals surface area contributed by atoms with Gasteiger partial charge in [-0.15, -0.1) is 0 Å². The Morgan fingerprint density at radius 3 is 2.52 bits per heavy atom. The largest absolute Gasteiger partial charge is 0.496 e. The van der Waals surface area contributed by atoms with E-state index in [1.165, 1.54) is 16.3 Å². The summed E-state index contributed by atoms with van der Waals surface area (Å²) < 4.78 is 11.1. The van der Waals surface area contributed by atoms with Gasteiger partial charge in [0.05, 0.1) is 7.11 Å². The first-order chi connectivity index (χ1) is 11.9. The first-order valence-electron chi connectivity index (χ1n) is 8.62. The van der Waals surface area contributed by atoms with Gasteiger partial charge >= 0.3 is 6.09 Å². The number of carbonyl (C=O) groups excluding carboxylic acids is 1. The number of methoxy groups -OCH3 is 1. The molecule has 0 radical (unpaired) electrons. The first kappa shape index (κ1) is 17.3. The number of hydrogen-bond donors (Lipinski definition) is 0. The van der Waals surface area contributed by atoms with Crippen LogP contribution in [0.5, 0.6) is 5.75 Å². The van der Waals surface area contributed by atoms with Crippen molar-refractivity contribution in [2.24, 2.45) is 0 Å². The van der Waals surface area contributed by atoms with E-state index >= 15 is 0 Å². The number of hydrogen-bond acceptors (Lipinski definition) is 3. The quantitative estimate of drug-likeness (QED) is 0.783. The van der Waals surface area contributed by atoms with Gasteiger partial charge in [-0.1, -0.05) is 36.4 Å². The fraction of sp³-hybridized carbons (Fsp3) is 0.381. The second-order valence-electron chi connectivity index (χ2n) is 7.27. The van der Waals surface area contributed by atoms with Gasteiger partial charge in [0.1, 0.15) is 11.4 Å². The van der Waals surface area contributed by atoms with Crippen molar-refractivity contribution in [1.29, 1.82) is 0 Å². The van der Waals surface area contributed by atoms with E-state index in [9.17, 15) is 4.79 Å². The Labute approximate surface area is 149 Å². The number of carbonyl (C=O) groups is 1. The maximum absolute atomic E-state index is 12.2. The van der Waals surface area contributed by atoms with Crippen LogP contribution in [-0.2, 0) is 4.74 Å². The molecule has 0 unspecified atom stereocenters. The van der Waals surface area contributed by atoms with Crippen molar-refractivity contribution in [3.05, 3.63) is 48.0 Å². The topological polar surface area (TPSA) is 38.8 Å². The van der Waals surface area contributed by atoms with Gasteiger partial charge in [-0.3, -0.25) is 0 Å². The zero-order chi connectivity index (χ0) is 18.0. The van der Waals surface area contributed by atoms with Gasteiger partial charge in [0.15, 0.2) is 0 Å². The second kappa shape index (κ2) is 6.79. The second-order valence-corrected chi connectivity index (χ2v) is 7.27. The predicted octanol–water partition coefficient (Wildman–Crippen LogP) is 4.87. The molecule has 0 fully saturated rings. The van der Waals surface area contributed by atoms with Gasteiger partial charge in [0, 0.05) is 18.7 Å². The van der Waals surface area contributed by atoms with Crippen molar-refractivity contribution in [3.8, 4) is 5.75 Å². The van der Waals surface area contributed by atoms with Crippen molar-refractivity contribution in [3.63, 3.8) is 0 Å². The van der Waals surface area contributed by atoms with Crippen LogP contribution in [0.25, 0.3) is 16.3 Å². The summed E-state index contributed by atoms with van der Waals surface area (Å²) >= 11 is 0. The van der Waals surface area contributed by atoms with E-state index in [0.717, 1.165) is 17.7 Å². The van der Waals surface area contributed by atoms with Gasteiger partial charge in [-0.05, 0) is 49.6 Å². The zero-order valence-corrected chi connectivity index (χ0v) is 15.3. The lowest BCUT2D eigenvalue weighted by Crippen LogP contribution is -2.39. The smallest absolute Gasteiger partial charge is 0.410 e. The van der Waals surface area contributed by atoms with Crippen LogP contribution in [-0.4, -0.2) is 36.8 Å². The standard InChI is InChI=1S/C21H25NO3/c1-21(2,3)25-20(23)22-13-11-16(12-14-22)19-17-8-6-5-7-15(17)9-10-18(19)24-4/h5-11H,12-14H2,1-4H3. The lowest BCUT2D eigenvalue weighted by atomic mass is 9.93. The van der Waals surface area contributed by atoms with Gasteiger partial charge in [0.25, 0.3) is 0 Å². The third-order valence-corrected chi connectivity index (χ3v) is 4.29. The molecule has 1 aliphatic rings. The van der Waals surface area contributed by atoms with Gasteiger partial charge in [-0.25, -0.2) is 4.79 Å². The normalized spacial score (nSPS) is 15.0. The Hall–Kier alpha value is -2.49. The Morgan fingerprint density at radius 1 is 1.12 bits per heavy atom. The predicted molar refractivity (Wildman–Crippen MR) is 101 cm³/mol. The summed E-state index contributed by atoms with van der Waals surface area (Å²) in [6, 6.07) is 12.4. The molecule has 1 aliphatic heterocycles. The van der Waals surface area contributed by atoms with E-state index in [0.29, 0.717) is 13.1 Å². The molecule has 1 amide bonds. The molecule has 0 spiro atoms. The van der Waals surface area contributed by atoms with Crippen LogP contribution in [0.4, 0.5) is 4.79 Å². The maximum atomic E-state index is 12.2. The monoisotopic (exact) mass is 339 g/mol. The molecule has 0 saturated heterocycles. The molecule has 0 bridgehead atoms. The minimum Gasteiger partial charge on any atom is -0.496 e. The molecule has 4 heteroatoms. The molecule has 4 nitrogen and oxygen atoms in total. The Morgan fingerprint density at radius 2 is 1.88 bits per heavy atom. The highest BCUT2D eigenvalue weighted by Gasteiger charge is 2.25. The molecule has 132 valence electrons. The molecule has 0 aromatic heterocycles. The Bertz CT molecular complexity index is 817. The average Bonchev–Trinajstić information content (AvgIpc) is 2.59. The molecular weight excluding hydrogens is 314 g/mol. The fourth-order valence-electron chi connectivity index (χ4n) is 3.14. The molecule has 2 aromatic carbocycles. The summed E-state index contributed by atoms with van der Waals surface area (Å²) in [5.41, 5.74) is 1.87. The highest BCUT2D eigenvalue weighted by atomic mass is 16.6. The minimum absolute atomic E-state index is 0.257. The summed E-state index contributed by atoms with van der Waals surface area (Å²) in [6.45, 7) is 6.86. The fourth-order valence-corrected chi connectivity index (χ4v) is 3.14. The number of fused-ring (bicyclic) bond motifs is 1. The molecule has 0 saturated carbocycles. The third kappa shape index (κ3) is 3.78. The summed E-state index contributed by atoms with van der Waals surface area (Å²) in [5, 5.41) is 2.37. The lowest BCUT2D eigenvalue weighted by Gasteiger charge is -2.30. The van der Waals surface area contributed by atoms with Crippen LogP contribution in [0.15, 0.2) is 42.5 Å². The van der Waals surface area contributed by atoms with E-state index in [2.05, 4.69) is 24.3 Å². The maximum Gasteiger partial charge on any atom is 0.410 e. The van der Waals surface area contributed by atoms with Crippen molar-refractivity contribution < 1.29 is 14.3 Å². The van der Waals surface area contributed by atoms with E-state index in [-0.39, 0.29) is 6.09 Å². The zero-order valence-electron chi connectivity index (χ0n) is 15.3. The van der Waals surface area contributed by atoms with Crippen LogP contribution >= 0.6 is 0 Å². The summed E-state index contributed by atoms with van der Waals surface area (Å²) in [5.74, 6) is 0.871. The van der Waals surface area contributed by atoms with E-state index < -0.39 is 5.60 Å². The molecule has 3 rings (SSSR count). The number of amides is 1. The first-order valence-corrected chi connectivity index (χ1v) is 8.62. The molecule has 0 N–H and O–H groups in total. The van der Waals surface area contributed by atoms with Crippen molar-refractivity contribution in [2.75, 3.05) is 20.2 Å². The lowest BCUT2D eigenvalue weighted by molar-refractivity contribution is 0.0270. The van der Waals surface area contributed by atoms with Crippen molar-refractivity contribution in [2.45, 2.75) is 32.8 Å². The summed E-state index contributed by atoms with van der Waals surface area (Å²) in [4.78, 5) is 14.0. The van der Waals surface area contributed by atoms with Crippen LogP contribution in [0.2, 0.25) is 0 Å². The molecule has 25 heavy (non-hydrogen) atoms. The van der Waals surface area contributed by atoms with Crippen LogP contribution in [0.1, 0.15) is 32.8 Å². The molecular formula is C21H25NO3. The van der Waals surface area contributed by atoms with Crippen molar-refractivity contribution in [1.82, 2.24) is 4.90 Å². The molecule has 0 atom stereocenters. The molecule has 1 heterocycles. The van der Waals surface area contributed by atoms with Crippen LogP contribution in [0, 0.1) is 0 Å². The Kier molecular flexibility index (Phi) is 4.71. The van der Waals surface area contributed by atoms with Gasteiger partial charge in [-0.2, -0.15) is 0 Å². The highest BCUT2D eigenvalue weighted by Crippen LogP contribution is 2.36. The minimum atomic E-state index is -0.472. The number of benzene rings is 2.